The highest BCUT2D eigenvalue weighted by Gasteiger charge is 2.20. The number of aliphatic hydroxyl groups excluding tert-OH is 3. The number of hydrogen-bond donors (Lipinski definition) is 4. The van der Waals surface area contributed by atoms with Gasteiger partial charge >= 0.3 is 0 Å². The molecule has 0 aliphatic heterocycles. The Labute approximate surface area is 286 Å². The average molecular weight is 650 g/mol. The topological polar surface area (TPSA) is 89.8 Å². The number of aliphatic hydroxyl groups is 3. The summed E-state index contributed by atoms with van der Waals surface area (Å²) in [5.41, 5.74) is 0. The summed E-state index contributed by atoms with van der Waals surface area (Å²) in [4.78, 5) is 12.4. The van der Waals surface area contributed by atoms with E-state index in [0.717, 1.165) is 32.1 Å². The molecule has 0 bridgehead atoms. The molecule has 0 heterocycles. The van der Waals surface area contributed by atoms with Crippen LogP contribution in [0.2, 0.25) is 0 Å². The zero-order chi connectivity index (χ0) is 33.8. The highest BCUT2D eigenvalue weighted by Crippen LogP contribution is 2.15. The molecule has 0 fully saturated rings. The fourth-order valence-corrected chi connectivity index (χ4v) is 6.10. The molecule has 46 heavy (non-hydrogen) atoms. The van der Waals surface area contributed by atoms with E-state index >= 15 is 0 Å². The predicted molar refractivity (Wildman–Crippen MR) is 199 cm³/mol. The van der Waals surface area contributed by atoms with Crippen LogP contribution in [-0.2, 0) is 4.79 Å². The Morgan fingerprint density at radius 1 is 0.543 bits per heavy atom. The number of rotatable bonds is 36. The van der Waals surface area contributed by atoms with E-state index in [0.29, 0.717) is 6.42 Å². The van der Waals surface area contributed by atoms with E-state index < -0.39 is 18.2 Å². The lowest BCUT2D eigenvalue weighted by Crippen LogP contribution is -2.45. The number of amides is 1. The summed E-state index contributed by atoms with van der Waals surface area (Å²) in [6, 6.07) is -0.749. The molecule has 3 atom stereocenters. The predicted octanol–water partition coefficient (Wildman–Crippen LogP) is 11.0. The van der Waals surface area contributed by atoms with Gasteiger partial charge in [-0.05, 0) is 44.9 Å². The summed E-state index contributed by atoms with van der Waals surface area (Å²) in [7, 11) is 0. The lowest BCUT2D eigenvalue weighted by molar-refractivity contribution is -0.124. The van der Waals surface area contributed by atoms with Crippen molar-refractivity contribution in [1.29, 1.82) is 0 Å². The van der Waals surface area contributed by atoms with Crippen molar-refractivity contribution in [3.8, 4) is 0 Å². The quantitative estimate of drug-likeness (QED) is 0.0401. The van der Waals surface area contributed by atoms with E-state index in [-0.39, 0.29) is 18.9 Å². The van der Waals surface area contributed by atoms with Gasteiger partial charge < -0.3 is 20.6 Å². The molecular formula is C41H79NO4. The minimum Gasteiger partial charge on any atom is -0.394 e. The van der Waals surface area contributed by atoms with Gasteiger partial charge in [-0.15, -0.1) is 0 Å². The van der Waals surface area contributed by atoms with Gasteiger partial charge in [-0.25, -0.2) is 0 Å². The van der Waals surface area contributed by atoms with Gasteiger partial charge in [0.1, 0.15) is 0 Å². The molecule has 0 spiro atoms. The Hall–Kier alpha value is -1.17. The summed E-state index contributed by atoms with van der Waals surface area (Å²) in [5.74, 6) is -0.332. The Bertz CT molecular complexity index is 679. The SMILES string of the molecule is CCCCCCCC/C=C\CCCC(O)CC(=O)NC(CO)C(O)/C=C/CCCCCCCCCCCCCCCCCCCC. The van der Waals surface area contributed by atoms with Crippen molar-refractivity contribution in [3.05, 3.63) is 24.3 Å². The molecule has 0 aromatic carbocycles. The number of carbonyl (C=O) groups is 1. The smallest absolute Gasteiger partial charge is 0.222 e. The molecule has 0 radical (unpaired) electrons. The van der Waals surface area contributed by atoms with Crippen molar-refractivity contribution in [2.75, 3.05) is 6.61 Å². The van der Waals surface area contributed by atoms with Gasteiger partial charge in [-0.1, -0.05) is 179 Å². The van der Waals surface area contributed by atoms with Gasteiger partial charge in [-0.2, -0.15) is 0 Å². The van der Waals surface area contributed by atoms with Crippen LogP contribution >= 0.6 is 0 Å². The highest BCUT2D eigenvalue weighted by molar-refractivity contribution is 5.76. The minimum absolute atomic E-state index is 0.00623. The highest BCUT2D eigenvalue weighted by atomic mass is 16.3. The van der Waals surface area contributed by atoms with E-state index in [1.165, 1.54) is 148 Å². The van der Waals surface area contributed by atoms with E-state index in [1.54, 1.807) is 6.08 Å². The van der Waals surface area contributed by atoms with Crippen LogP contribution in [0.3, 0.4) is 0 Å². The number of allylic oxidation sites excluding steroid dienone is 3. The first-order valence-electron chi connectivity index (χ1n) is 20.1. The van der Waals surface area contributed by atoms with Crippen LogP contribution in [0.15, 0.2) is 24.3 Å². The van der Waals surface area contributed by atoms with Gasteiger partial charge in [0.2, 0.25) is 5.91 Å². The van der Waals surface area contributed by atoms with E-state index in [4.69, 9.17) is 0 Å². The van der Waals surface area contributed by atoms with Crippen LogP contribution in [0.25, 0.3) is 0 Å². The van der Waals surface area contributed by atoms with Crippen LogP contribution in [0.1, 0.15) is 206 Å². The zero-order valence-electron chi connectivity index (χ0n) is 30.7. The summed E-state index contributed by atoms with van der Waals surface area (Å²) in [5, 5.41) is 33.0. The second-order valence-corrected chi connectivity index (χ2v) is 13.9. The first-order valence-corrected chi connectivity index (χ1v) is 20.1. The molecule has 1 amide bonds. The molecule has 0 saturated carbocycles. The average Bonchev–Trinajstić information content (AvgIpc) is 3.05. The molecule has 0 saturated heterocycles. The van der Waals surface area contributed by atoms with Crippen molar-refractivity contribution in [1.82, 2.24) is 5.32 Å². The van der Waals surface area contributed by atoms with Gasteiger partial charge in [-0.3, -0.25) is 4.79 Å². The van der Waals surface area contributed by atoms with Crippen molar-refractivity contribution in [2.24, 2.45) is 0 Å². The fourth-order valence-electron chi connectivity index (χ4n) is 6.10. The zero-order valence-corrected chi connectivity index (χ0v) is 30.7. The standard InChI is InChI=1S/C41H79NO4/c1-3-5-7-9-11-13-15-16-17-18-19-20-21-22-23-25-27-29-31-33-35-40(45)39(37-43)42-41(46)36-38(44)34-32-30-28-26-24-14-12-10-8-6-4-2/h26,28,33,35,38-40,43-45H,3-25,27,29-32,34,36-37H2,1-2H3,(H,42,46)/b28-26-,35-33+. The van der Waals surface area contributed by atoms with Crippen molar-refractivity contribution < 1.29 is 20.1 Å². The maximum atomic E-state index is 12.4. The molecule has 272 valence electrons. The van der Waals surface area contributed by atoms with Gasteiger partial charge in [0.05, 0.1) is 31.3 Å². The summed E-state index contributed by atoms with van der Waals surface area (Å²) in [6.45, 7) is 4.19. The van der Waals surface area contributed by atoms with E-state index in [2.05, 4.69) is 31.3 Å². The van der Waals surface area contributed by atoms with Crippen LogP contribution < -0.4 is 5.32 Å². The third-order valence-corrected chi connectivity index (χ3v) is 9.23. The molecule has 0 aliphatic carbocycles. The number of nitrogens with one attached hydrogen (secondary N) is 1. The molecule has 0 rings (SSSR count). The first-order chi connectivity index (χ1) is 22.5. The monoisotopic (exact) mass is 650 g/mol. The van der Waals surface area contributed by atoms with E-state index in [1.807, 2.05) is 6.08 Å². The fraction of sp³-hybridized carbons (Fsp3) is 0.878. The number of unbranched alkanes of at least 4 members (excludes halogenated alkanes) is 25. The maximum absolute atomic E-state index is 12.4. The van der Waals surface area contributed by atoms with E-state index in [9.17, 15) is 20.1 Å². The number of hydrogen-bond acceptors (Lipinski definition) is 4. The summed E-state index contributed by atoms with van der Waals surface area (Å²) < 4.78 is 0. The molecule has 0 aromatic heterocycles. The molecule has 5 heteroatoms. The minimum atomic E-state index is -0.932. The largest absolute Gasteiger partial charge is 0.394 e. The lowest BCUT2D eigenvalue weighted by Gasteiger charge is -2.20. The first kappa shape index (κ1) is 44.8. The lowest BCUT2D eigenvalue weighted by atomic mass is 10.0. The Morgan fingerprint density at radius 2 is 0.913 bits per heavy atom. The Morgan fingerprint density at radius 3 is 1.33 bits per heavy atom. The normalized spacial score (nSPS) is 13.9. The third-order valence-electron chi connectivity index (χ3n) is 9.23. The van der Waals surface area contributed by atoms with Crippen LogP contribution in [0.5, 0.6) is 0 Å². The summed E-state index contributed by atoms with van der Waals surface area (Å²) >= 11 is 0. The van der Waals surface area contributed by atoms with Crippen molar-refractivity contribution >= 4 is 5.91 Å². The van der Waals surface area contributed by atoms with Gasteiger partial charge in [0.15, 0.2) is 0 Å². The molecule has 0 aliphatic rings. The molecule has 0 aromatic rings. The van der Waals surface area contributed by atoms with Gasteiger partial charge in [0.25, 0.3) is 0 Å². The second-order valence-electron chi connectivity index (χ2n) is 13.9. The Balaban J connectivity index is 3.69. The molecular weight excluding hydrogens is 570 g/mol. The van der Waals surface area contributed by atoms with Gasteiger partial charge in [0, 0.05) is 0 Å². The van der Waals surface area contributed by atoms with Crippen LogP contribution in [0.4, 0.5) is 0 Å². The molecule has 4 N–H and O–H groups in total. The third kappa shape index (κ3) is 32.8. The second kappa shape index (κ2) is 36.7. The maximum Gasteiger partial charge on any atom is 0.222 e. The van der Waals surface area contributed by atoms with Crippen LogP contribution in [-0.4, -0.2) is 46.1 Å². The van der Waals surface area contributed by atoms with Crippen molar-refractivity contribution in [3.63, 3.8) is 0 Å². The van der Waals surface area contributed by atoms with Crippen molar-refractivity contribution in [2.45, 2.75) is 225 Å². The van der Waals surface area contributed by atoms with Crippen LogP contribution in [0, 0.1) is 0 Å². The molecule has 5 nitrogen and oxygen atoms in total. The molecule has 3 unspecified atom stereocenters. The summed E-state index contributed by atoms with van der Waals surface area (Å²) in [6.07, 6.45) is 43.2. The Kier molecular flexibility index (Phi) is 35.7. The number of carbonyl (C=O) groups excluding carboxylic acids is 1.